The number of halogens is 1. The topological polar surface area (TPSA) is 79.3 Å². The van der Waals surface area contributed by atoms with Gasteiger partial charge in [0.15, 0.2) is 0 Å². The number of para-hydroxylation sites is 1. The van der Waals surface area contributed by atoms with Crippen LogP contribution in [0, 0.1) is 0 Å². The van der Waals surface area contributed by atoms with Crippen LogP contribution < -0.4 is 5.32 Å². The number of carbonyl (C=O) groups excluding carboxylic acids is 1. The van der Waals surface area contributed by atoms with Crippen molar-refractivity contribution in [2.24, 2.45) is 0 Å². The van der Waals surface area contributed by atoms with Crippen LogP contribution in [0.15, 0.2) is 42.6 Å². The van der Waals surface area contributed by atoms with Crippen LogP contribution in [0.1, 0.15) is 16.1 Å². The molecule has 102 valence electrons. The third-order valence-corrected chi connectivity index (χ3v) is 2.79. The molecule has 0 spiro atoms. The first-order chi connectivity index (χ1) is 9.56. The highest BCUT2D eigenvalue weighted by Crippen LogP contribution is 2.17. The van der Waals surface area contributed by atoms with Crippen molar-refractivity contribution >= 4 is 29.2 Å². The molecule has 0 aliphatic carbocycles. The molecule has 20 heavy (non-hydrogen) atoms. The average Bonchev–Trinajstić information content (AvgIpc) is 2.41. The number of hydrogen-bond acceptors (Lipinski definition) is 3. The molecule has 0 saturated carbocycles. The Bertz CT molecular complexity index is 641. The molecule has 6 heteroatoms. The minimum atomic E-state index is -0.962. The number of nitrogens with zero attached hydrogens (tertiary/aromatic N) is 1. The first kappa shape index (κ1) is 14.0. The van der Waals surface area contributed by atoms with E-state index in [4.69, 9.17) is 16.7 Å². The highest BCUT2D eigenvalue weighted by molar-refractivity contribution is 6.30. The number of nitrogens with one attached hydrogen (secondary N) is 1. The van der Waals surface area contributed by atoms with Crippen molar-refractivity contribution in [1.82, 2.24) is 4.98 Å². The van der Waals surface area contributed by atoms with Gasteiger partial charge >= 0.3 is 5.97 Å². The zero-order valence-corrected chi connectivity index (χ0v) is 11.1. The molecule has 2 rings (SSSR count). The maximum absolute atomic E-state index is 12.0. The average molecular weight is 291 g/mol. The Morgan fingerprint density at radius 1 is 1.20 bits per heavy atom. The van der Waals surface area contributed by atoms with Gasteiger partial charge in [-0.25, -0.2) is 4.98 Å². The van der Waals surface area contributed by atoms with Crippen LogP contribution in [-0.2, 0) is 11.2 Å². The van der Waals surface area contributed by atoms with Crippen LogP contribution in [-0.4, -0.2) is 22.0 Å². The van der Waals surface area contributed by atoms with E-state index in [0.29, 0.717) is 16.3 Å². The summed E-state index contributed by atoms with van der Waals surface area (Å²) >= 11 is 5.70. The second-order valence-electron chi connectivity index (χ2n) is 4.04. The van der Waals surface area contributed by atoms with Crippen molar-refractivity contribution in [3.8, 4) is 0 Å². The molecule has 0 fully saturated rings. The fourth-order valence-electron chi connectivity index (χ4n) is 1.66. The van der Waals surface area contributed by atoms with Gasteiger partial charge < -0.3 is 10.4 Å². The number of hydrogen-bond donors (Lipinski definition) is 2. The summed E-state index contributed by atoms with van der Waals surface area (Å²) in [7, 11) is 0. The number of carbonyl (C=O) groups is 2. The molecule has 2 aromatic rings. The standard InChI is InChI=1S/C14H11ClN2O3/c15-10-5-6-12(16-8-10)14(20)17-11-4-2-1-3-9(11)7-13(18)19/h1-6,8H,7H2,(H,17,20)(H,18,19). The van der Waals surface area contributed by atoms with E-state index < -0.39 is 11.9 Å². The number of benzene rings is 1. The van der Waals surface area contributed by atoms with Gasteiger partial charge in [-0.15, -0.1) is 0 Å². The molecule has 1 aromatic carbocycles. The van der Waals surface area contributed by atoms with Crippen molar-refractivity contribution < 1.29 is 14.7 Å². The van der Waals surface area contributed by atoms with E-state index in [2.05, 4.69) is 10.3 Å². The quantitative estimate of drug-likeness (QED) is 0.907. The molecule has 0 atom stereocenters. The molecule has 1 heterocycles. The maximum atomic E-state index is 12.0. The normalized spacial score (nSPS) is 10.1. The predicted molar refractivity (Wildman–Crippen MR) is 75.0 cm³/mol. The van der Waals surface area contributed by atoms with E-state index in [9.17, 15) is 9.59 Å². The van der Waals surface area contributed by atoms with Crippen molar-refractivity contribution in [3.63, 3.8) is 0 Å². The summed E-state index contributed by atoms with van der Waals surface area (Å²) in [5.74, 6) is -1.38. The highest BCUT2D eigenvalue weighted by Gasteiger charge is 2.11. The highest BCUT2D eigenvalue weighted by atomic mass is 35.5. The molecule has 1 aromatic heterocycles. The molecule has 0 bridgehead atoms. The third kappa shape index (κ3) is 3.55. The Hall–Kier alpha value is -2.40. The molecule has 0 saturated heterocycles. The summed E-state index contributed by atoms with van der Waals surface area (Å²) in [4.78, 5) is 26.7. The fraction of sp³-hybridized carbons (Fsp3) is 0.0714. The molecular weight excluding hydrogens is 280 g/mol. The number of anilines is 1. The molecule has 2 N–H and O–H groups in total. The summed E-state index contributed by atoms with van der Waals surface area (Å²) in [6.45, 7) is 0. The second kappa shape index (κ2) is 6.16. The molecule has 0 aliphatic rings. The van der Waals surface area contributed by atoms with Crippen molar-refractivity contribution in [2.75, 3.05) is 5.32 Å². The maximum Gasteiger partial charge on any atom is 0.307 e. The third-order valence-electron chi connectivity index (χ3n) is 2.57. The Morgan fingerprint density at radius 3 is 2.60 bits per heavy atom. The van der Waals surface area contributed by atoms with E-state index in [1.807, 2.05) is 0 Å². The van der Waals surface area contributed by atoms with Gasteiger partial charge in [-0.1, -0.05) is 29.8 Å². The van der Waals surface area contributed by atoms with E-state index in [1.54, 1.807) is 30.3 Å². The van der Waals surface area contributed by atoms with Gasteiger partial charge in [0, 0.05) is 11.9 Å². The largest absolute Gasteiger partial charge is 0.481 e. The fourth-order valence-corrected chi connectivity index (χ4v) is 1.77. The van der Waals surface area contributed by atoms with Gasteiger partial charge in [-0.3, -0.25) is 9.59 Å². The summed E-state index contributed by atoms with van der Waals surface area (Å²) in [6, 6.07) is 9.79. The summed E-state index contributed by atoms with van der Waals surface area (Å²) in [6.07, 6.45) is 1.21. The van der Waals surface area contributed by atoms with Crippen LogP contribution in [0.3, 0.4) is 0 Å². The van der Waals surface area contributed by atoms with Crippen LogP contribution in [0.2, 0.25) is 5.02 Å². The SMILES string of the molecule is O=C(O)Cc1ccccc1NC(=O)c1ccc(Cl)cn1. The Balaban J connectivity index is 2.19. The van der Waals surface area contributed by atoms with Gasteiger partial charge in [0.1, 0.15) is 5.69 Å². The van der Waals surface area contributed by atoms with Crippen molar-refractivity contribution in [1.29, 1.82) is 0 Å². The molecule has 5 nitrogen and oxygen atoms in total. The zero-order chi connectivity index (χ0) is 14.5. The zero-order valence-electron chi connectivity index (χ0n) is 10.3. The van der Waals surface area contributed by atoms with Gasteiger partial charge in [0.25, 0.3) is 5.91 Å². The number of rotatable bonds is 4. The monoisotopic (exact) mass is 290 g/mol. The number of carboxylic acids is 1. The molecular formula is C14H11ClN2O3. The minimum absolute atomic E-state index is 0.162. The van der Waals surface area contributed by atoms with E-state index >= 15 is 0 Å². The lowest BCUT2D eigenvalue weighted by Crippen LogP contribution is -2.15. The van der Waals surface area contributed by atoms with Crippen LogP contribution in [0.25, 0.3) is 0 Å². The minimum Gasteiger partial charge on any atom is -0.481 e. The number of amides is 1. The molecule has 0 radical (unpaired) electrons. The lowest BCUT2D eigenvalue weighted by molar-refractivity contribution is -0.136. The Morgan fingerprint density at radius 2 is 1.95 bits per heavy atom. The van der Waals surface area contributed by atoms with E-state index in [-0.39, 0.29) is 12.1 Å². The summed E-state index contributed by atoms with van der Waals surface area (Å²) < 4.78 is 0. The molecule has 0 unspecified atom stereocenters. The first-order valence-corrected chi connectivity index (χ1v) is 6.16. The van der Waals surface area contributed by atoms with Crippen LogP contribution >= 0.6 is 11.6 Å². The van der Waals surface area contributed by atoms with Crippen LogP contribution in [0.4, 0.5) is 5.69 Å². The first-order valence-electron chi connectivity index (χ1n) is 5.79. The molecule has 1 amide bonds. The lowest BCUT2D eigenvalue weighted by Gasteiger charge is -2.09. The van der Waals surface area contributed by atoms with Gasteiger partial charge in [-0.05, 0) is 23.8 Å². The van der Waals surface area contributed by atoms with Gasteiger partial charge in [0.2, 0.25) is 0 Å². The van der Waals surface area contributed by atoms with Crippen LogP contribution in [0.5, 0.6) is 0 Å². The Labute approximate surface area is 120 Å². The van der Waals surface area contributed by atoms with E-state index in [0.717, 1.165) is 0 Å². The summed E-state index contributed by atoms with van der Waals surface area (Å²) in [5.41, 5.74) is 1.19. The lowest BCUT2D eigenvalue weighted by atomic mass is 10.1. The number of aromatic nitrogens is 1. The van der Waals surface area contributed by atoms with Crippen molar-refractivity contribution in [2.45, 2.75) is 6.42 Å². The number of aliphatic carboxylic acids is 1. The Kier molecular flexibility index (Phi) is 4.32. The van der Waals surface area contributed by atoms with Crippen molar-refractivity contribution in [3.05, 3.63) is 58.9 Å². The number of carboxylic acid groups (broad SMARTS) is 1. The molecule has 0 aliphatic heterocycles. The predicted octanol–water partition coefficient (Wildman–Crippen LogP) is 2.61. The summed E-state index contributed by atoms with van der Waals surface area (Å²) in [5, 5.41) is 11.9. The van der Waals surface area contributed by atoms with Gasteiger partial charge in [-0.2, -0.15) is 0 Å². The smallest absolute Gasteiger partial charge is 0.307 e. The van der Waals surface area contributed by atoms with E-state index in [1.165, 1.54) is 12.3 Å². The number of pyridine rings is 1. The second-order valence-corrected chi connectivity index (χ2v) is 4.48. The van der Waals surface area contributed by atoms with Gasteiger partial charge in [0.05, 0.1) is 11.4 Å².